The van der Waals surface area contributed by atoms with Crippen molar-refractivity contribution < 1.29 is 22.3 Å². The molecule has 0 spiro atoms. The first kappa shape index (κ1) is 21.9. The van der Waals surface area contributed by atoms with Crippen LogP contribution in [0.3, 0.4) is 0 Å². The first-order valence-corrected chi connectivity index (χ1v) is 10.4. The van der Waals surface area contributed by atoms with E-state index in [9.17, 15) is 18.0 Å². The van der Waals surface area contributed by atoms with Gasteiger partial charge in [-0.25, -0.2) is 9.78 Å². The molecule has 0 aliphatic heterocycles. The number of oxazole rings is 1. The van der Waals surface area contributed by atoms with Crippen molar-refractivity contribution >= 4 is 27.6 Å². The summed E-state index contributed by atoms with van der Waals surface area (Å²) in [5.41, 5.74) is 7.92. The molecule has 2 heterocycles. The molecule has 0 unspecified atom stereocenters. The number of benzene rings is 2. The van der Waals surface area contributed by atoms with Gasteiger partial charge >= 0.3 is 11.9 Å². The molecular weight excluding hydrogens is 445 g/mol. The SMILES string of the molecule is COc1cc(C[C@H](N)CNc2ncc(-c3ccc4[nH]c(=O)oc4c3)s2)ccc1C(F)(F)F. The highest BCUT2D eigenvalue weighted by Gasteiger charge is 2.34. The Morgan fingerprint density at radius 1 is 1.28 bits per heavy atom. The zero-order chi connectivity index (χ0) is 22.9. The Kier molecular flexibility index (Phi) is 5.94. The lowest BCUT2D eigenvalue weighted by molar-refractivity contribution is -0.138. The lowest BCUT2D eigenvalue weighted by atomic mass is 10.0. The summed E-state index contributed by atoms with van der Waals surface area (Å²) in [4.78, 5) is 19.1. The van der Waals surface area contributed by atoms with Crippen LogP contribution in [0.15, 0.2) is 51.8 Å². The average Bonchev–Trinajstić information content (AvgIpc) is 3.36. The molecule has 4 aromatic rings. The summed E-state index contributed by atoms with van der Waals surface area (Å²) in [5.74, 6) is -0.738. The molecule has 11 heteroatoms. The molecule has 7 nitrogen and oxygen atoms in total. The number of alkyl halides is 3. The van der Waals surface area contributed by atoms with Crippen molar-refractivity contribution in [3.05, 3.63) is 64.3 Å². The van der Waals surface area contributed by atoms with Gasteiger partial charge in [0.1, 0.15) is 5.75 Å². The molecule has 2 aromatic carbocycles. The number of rotatable bonds is 7. The number of hydrogen-bond acceptors (Lipinski definition) is 7. The van der Waals surface area contributed by atoms with Gasteiger partial charge in [-0.15, -0.1) is 0 Å². The predicted octanol–water partition coefficient (Wildman–Crippen LogP) is 4.25. The lowest BCUT2D eigenvalue weighted by Crippen LogP contribution is -2.31. The summed E-state index contributed by atoms with van der Waals surface area (Å²) in [6, 6.07) is 8.79. The van der Waals surface area contributed by atoms with Crippen LogP contribution in [0.2, 0.25) is 0 Å². The predicted molar refractivity (Wildman–Crippen MR) is 116 cm³/mol. The van der Waals surface area contributed by atoms with Crippen LogP contribution in [0.1, 0.15) is 11.1 Å². The van der Waals surface area contributed by atoms with Gasteiger partial charge in [0.2, 0.25) is 0 Å². The fourth-order valence-electron chi connectivity index (χ4n) is 3.28. The minimum Gasteiger partial charge on any atom is -0.496 e. The second-order valence-electron chi connectivity index (χ2n) is 7.13. The molecule has 0 fully saturated rings. The molecule has 0 saturated heterocycles. The molecule has 0 saturated carbocycles. The van der Waals surface area contributed by atoms with E-state index in [1.807, 2.05) is 6.07 Å². The molecule has 0 aliphatic carbocycles. The van der Waals surface area contributed by atoms with Gasteiger partial charge in [0.05, 0.1) is 23.1 Å². The minimum atomic E-state index is -4.48. The average molecular weight is 464 g/mol. The molecule has 4 N–H and O–H groups in total. The van der Waals surface area contributed by atoms with Crippen molar-refractivity contribution in [2.24, 2.45) is 5.73 Å². The Hall–Kier alpha value is -3.31. The minimum absolute atomic E-state index is 0.227. The quantitative estimate of drug-likeness (QED) is 0.378. The number of anilines is 1. The molecule has 1 atom stereocenters. The number of halogens is 3. The maximum atomic E-state index is 13.0. The van der Waals surface area contributed by atoms with Crippen LogP contribution in [0.25, 0.3) is 21.5 Å². The number of methoxy groups -OCH3 is 1. The van der Waals surface area contributed by atoms with Gasteiger partial charge in [-0.1, -0.05) is 23.5 Å². The Bertz CT molecular complexity index is 1300. The number of nitrogens with one attached hydrogen (secondary N) is 2. The summed E-state index contributed by atoms with van der Waals surface area (Å²) in [5, 5.41) is 3.80. The number of aromatic nitrogens is 2. The molecule has 0 aliphatic rings. The highest BCUT2D eigenvalue weighted by molar-refractivity contribution is 7.18. The second-order valence-corrected chi connectivity index (χ2v) is 8.16. The van der Waals surface area contributed by atoms with Crippen LogP contribution < -0.4 is 21.5 Å². The zero-order valence-electron chi connectivity index (χ0n) is 16.8. The van der Waals surface area contributed by atoms with Crippen molar-refractivity contribution in [3.63, 3.8) is 0 Å². The monoisotopic (exact) mass is 464 g/mol. The first-order valence-electron chi connectivity index (χ1n) is 9.55. The Labute approximate surface area is 184 Å². The number of ether oxygens (including phenoxy) is 1. The van der Waals surface area contributed by atoms with Crippen LogP contribution in [-0.2, 0) is 12.6 Å². The molecule has 168 valence electrons. The van der Waals surface area contributed by atoms with E-state index < -0.39 is 17.5 Å². The van der Waals surface area contributed by atoms with Gasteiger partial charge in [0.15, 0.2) is 10.7 Å². The number of thiazole rings is 1. The van der Waals surface area contributed by atoms with E-state index in [4.69, 9.17) is 14.9 Å². The first-order chi connectivity index (χ1) is 15.2. The topological polar surface area (TPSA) is 106 Å². The Morgan fingerprint density at radius 2 is 2.09 bits per heavy atom. The summed E-state index contributed by atoms with van der Waals surface area (Å²) >= 11 is 1.41. The summed E-state index contributed by atoms with van der Waals surface area (Å²) < 4.78 is 49.0. The molecule has 2 aromatic heterocycles. The fourth-order valence-corrected chi connectivity index (χ4v) is 4.10. The van der Waals surface area contributed by atoms with Gasteiger partial charge in [0.25, 0.3) is 0 Å². The maximum Gasteiger partial charge on any atom is 0.419 e. The number of fused-ring (bicyclic) bond motifs is 1. The molecule has 0 radical (unpaired) electrons. The maximum absolute atomic E-state index is 13.0. The zero-order valence-corrected chi connectivity index (χ0v) is 17.6. The van der Waals surface area contributed by atoms with Crippen LogP contribution >= 0.6 is 11.3 Å². The van der Waals surface area contributed by atoms with Gasteiger partial charge in [-0.05, 0) is 41.8 Å². The number of nitrogens with two attached hydrogens (primary N) is 1. The van der Waals surface area contributed by atoms with E-state index >= 15 is 0 Å². The lowest BCUT2D eigenvalue weighted by Gasteiger charge is -2.16. The summed E-state index contributed by atoms with van der Waals surface area (Å²) in [7, 11) is 1.21. The standard InChI is InChI=1S/C21H19F3N4O3S/c1-30-16-7-11(2-4-14(16)21(22,23)24)6-13(25)9-26-19-27-10-18(32-19)12-3-5-15-17(8-12)31-20(29)28-15/h2-5,7-8,10,13H,6,9,25H2,1H3,(H,26,27)(H,28,29)/t13-/m0/s1. The van der Waals surface area contributed by atoms with Crippen LogP contribution in [0.4, 0.5) is 18.3 Å². The third-order valence-electron chi connectivity index (χ3n) is 4.80. The number of nitrogens with zero attached hydrogens (tertiary/aromatic N) is 1. The number of H-pyrrole nitrogens is 1. The van der Waals surface area contributed by atoms with E-state index in [0.717, 1.165) is 16.5 Å². The highest BCUT2D eigenvalue weighted by atomic mass is 32.1. The van der Waals surface area contributed by atoms with E-state index in [1.165, 1.54) is 30.6 Å². The smallest absolute Gasteiger partial charge is 0.419 e. The van der Waals surface area contributed by atoms with Gasteiger partial charge in [-0.2, -0.15) is 13.2 Å². The summed E-state index contributed by atoms with van der Waals surface area (Å²) in [6.45, 7) is 0.377. The van der Waals surface area contributed by atoms with Gasteiger partial charge in [0, 0.05) is 18.8 Å². The van der Waals surface area contributed by atoms with Crippen LogP contribution in [-0.4, -0.2) is 29.7 Å². The van der Waals surface area contributed by atoms with Crippen molar-refractivity contribution in [1.82, 2.24) is 9.97 Å². The molecular formula is C21H19F3N4O3S. The molecule has 32 heavy (non-hydrogen) atoms. The van der Waals surface area contributed by atoms with E-state index in [1.54, 1.807) is 18.3 Å². The van der Waals surface area contributed by atoms with Gasteiger partial charge in [-0.3, -0.25) is 4.98 Å². The molecule has 0 amide bonds. The third-order valence-corrected chi connectivity index (χ3v) is 5.80. The second kappa shape index (κ2) is 8.67. The van der Waals surface area contributed by atoms with Crippen molar-refractivity contribution in [2.75, 3.05) is 19.0 Å². The molecule has 0 bridgehead atoms. The normalized spacial score (nSPS) is 12.8. The van der Waals surface area contributed by atoms with Crippen molar-refractivity contribution in [1.29, 1.82) is 0 Å². The number of hydrogen-bond donors (Lipinski definition) is 3. The molecule has 4 rings (SSSR count). The largest absolute Gasteiger partial charge is 0.496 e. The van der Waals surface area contributed by atoms with E-state index in [0.29, 0.717) is 34.8 Å². The Morgan fingerprint density at radius 3 is 2.84 bits per heavy atom. The van der Waals surface area contributed by atoms with Crippen LogP contribution in [0, 0.1) is 0 Å². The fraction of sp³-hybridized carbons (Fsp3) is 0.238. The van der Waals surface area contributed by atoms with Crippen molar-refractivity contribution in [3.8, 4) is 16.2 Å². The van der Waals surface area contributed by atoms with Gasteiger partial charge < -0.3 is 20.2 Å². The summed E-state index contributed by atoms with van der Waals surface area (Å²) in [6.07, 6.45) is -2.42. The third kappa shape index (κ3) is 4.78. The van der Waals surface area contributed by atoms with Crippen LogP contribution in [0.5, 0.6) is 5.75 Å². The highest BCUT2D eigenvalue weighted by Crippen LogP contribution is 2.36. The van der Waals surface area contributed by atoms with E-state index in [2.05, 4.69) is 15.3 Å². The number of aromatic amines is 1. The Balaban J connectivity index is 1.39. The van der Waals surface area contributed by atoms with E-state index in [-0.39, 0.29) is 11.8 Å². The van der Waals surface area contributed by atoms with Crippen molar-refractivity contribution in [2.45, 2.75) is 18.6 Å².